The van der Waals surface area contributed by atoms with Crippen LogP contribution in [0, 0.1) is 6.92 Å². The van der Waals surface area contributed by atoms with Gasteiger partial charge in [-0.25, -0.2) is 8.42 Å². The van der Waals surface area contributed by atoms with Gasteiger partial charge in [0.05, 0.1) is 10.9 Å². The lowest BCUT2D eigenvalue weighted by molar-refractivity contribution is 0.570. The minimum Gasteiger partial charge on any atom is -0.207 e. The first-order valence-electron chi connectivity index (χ1n) is 7.59. The molecule has 0 unspecified atom stereocenters. The van der Waals surface area contributed by atoms with Crippen LogP contribution in [0.2, 0.25) is 0 Å². The Kier molecular flexibility index (Phi) is 5.39. The number of hydrogen-bond donors (Lipinski definition) is 1. The van der Waals surface area contributed by atoms with Gasteiger partial charge in [-0.1, -0.05) is 59.2 Å². The zero-order chi connectivity index (χ0) is 17.0. The Morgan fingerprint density at radius 2 is 1.48 bits per heavy atom. The number of rotatable bonds is 5. The number of nitrogens with one attached hydrogen (secondary N) is 1. The van der Waals surface area contributed by atoms with Crippen molar-refractivity contribution in [3.8, 4) is 0 Å². The molecule has 1 atom stereocenters. The van der Waals surface area contributed by atoms with Crippen LogP contribution in [0.15, 0.2) is 70.6 Å². The molecule has 0 fully saturated rings. The number of benzene rings is 2. The summed E-state index contributed by atoms with van der Waals surface area (Å²) in [6.07, 6.45) is 0. The maximum absolute atomic E-state index is 12.7. The molecule has 0 aromatic heterocycles. The molecule has 0 aliphatic heterocycles. The van der Waals surface area contributed by atoms with E-state index >= 15 is 0 Å². The maximum Gasteiger partial charge on any atom is 0.241 e. The molecule has 0 saturated carbocycles. The SMILES string of the molecule is CC(C)=C(C)[C@H](NS(=O)(=O)c1ccc(C)cc1)c1ccccc1. The monoisotopic (exact) mass is 329 g/mol. The van der Waals surface area contributed by atoms with E-state index in [1.165, 1.54) is 0 Å². The highest BCUT2D eigenvalue weighted by Crippen LogP contribution is 2.26. The Morgan fingerprint density at radius 1 is 0.913 bits per heavy atom. The molecule has 0 heterocycles. The van der Waals surface area contributed by atoms with Crippen molar-refractivity contribution in [2.45, 2.75) is 38.6 Å². The predicted octanol–water partition coefficient (Wildman–Crippen LogP) is 4.37. The molecule has 4 heteroatoms. The molecule has 2 rings (SSSR count). The average molecular weight is 329 g/mol. The van der Waals surface area contributed by atoms with E-state index in [9.17, 15) is 8.42 Å². The Bertz CT molecular complexity index is 787. The van der Waals surface area contributed by atoms with Gasteiger partial charge in [0.1, 0.15) is 0 Å². The molecule has 0 amide bonds. The molecular formula is C19H23NO2S. The van der Waals surface area contributed by atoms with Gasteiger partial charge in [-0.2, -0.15) is 4.72 Å². The fourth-order valence-electron chi connectivity index (χ4n) is 2.28. The second-order valence-electron chi connectivity index (χ2n) is 5.96. The van der Waals surface area contributed by atoms with Crippen molar-refractivity contribution in [1.82, 2.24) is 4.72 Å². The summed E-state index contributed by atoms with van der Waals surface area (Å²) >= 11 is 0. The standard InChI is InChI=1S/C19H23NO2S/c1-14(2)16(4)19(17-8-6-5-7-9-17)20-23(21,22)18-12-10-15(3)11-13-18/h5-13,19-20H,1-4H3/t19-/m0/s1. The molecule has 23 heavy (non-hydrogen) atoms. The Labute approximate surface area is 139 Å². The van der Waals surface area contributed by atoms with Gasteiger partial charge in [0.2, 0.25) is 10.0 Å². The quantitative estimate of drug-likeness (QED) is 0.828. The summed E-state index contributed by atoms with van der Waals surface area (Å²) in [5.41, 5.74) is 4.07. The van der Waals surface area contributed by atoms with Crippen LogP contribution >= 0.6 is 0 Å². The minimum absolute atomic E-state index is 0.283. The molecule has 122 valence electrons. The highest BCUT2D eigenvalue weighted by Gasteiger charge is 2.23. The fraction of sp³-hybridized carbons (Fsp3) is 0.263. The van der Waals surface area contributed by atoms with Crippen molar-refractivity contribution in [2.75, 3.05) is 0 Å². The maximum atomic E-state index is 12.7. The van der Waals surface area contributed by atoms with Crippen molar-refractivity contribution in [2.24, 2.45) is 0 Å². The van der Waals surface area contributed by atoms with Crippen LogP contribution in [-0.2, 0) is 10.0 Å². The van der Waals surface area contributed by atoms with Crippen LogP contribution in [0.5, 0.6) is 0 Å². The predicted molar refractivity (Wildman–Crippen MR) is 94.7 cm³/mol. The molecule has 0 aliphatic rings. The molecule has 0 saturated heterocycles. The van der Waals surface area contributed by atoms with E-state index < -0.39 is 10.0 Å². The fourth-order valence-corrected chi connectivity index (χ4v) is 3.53. The normalized spacial score (nSPS) is 12.7. The topological polar surface area (TPSA) is 46.2 Å². The van der Waals surface area contributed by atoms with E-state index in [0.717, 1.165) is 22.3 Å². The third-order valence-electron chi connectivity index (χ3n) is 3.96. The Morgan fingerprint density at radius 3 is 2.00 bits per heavy atom. The first-order chi connectivity index (χ1) is 10.8. The second-order valence-corrected chi connectivity index (χ2v) is 7.68. The minimum atomic E-state index is -3.59. The Hall–Kier alpha value is -1.91. The third kappa shape index (κ3) is 4.30. The highest BCUT2D eigenvalue weighted by atomic mass is 32.2. The molecule has 3 nitrogen and oxygen atoms in total. The van der Waals surface area contributed by atoms with Crippen LogP contribution in [-0.4, -0.2) is 8.42 Å². The Balaban J connectivity index is 2.42. The summed E-state index contributed by atoms with van der Waals surface area (Å²) in [6, 6.07) is 16.2. The van der Waals surface area contributed by atoms with Crippen LogP contribution in [0.25, 0.3) is 0 Å². The molecule has 0 radical (unpaired) electrons. The zero-order valence-corrected chi connectivity index (χ0v) is 14.8. The van der Waals surface area contributed by atoms with E-state index in [1.54, 1.807) is 24.3 Å². The van der Waals surface area contributed by atoms with Gasteiger partial charge >= 0.3 is 0 Å². The van der Waals surface area contributed by atoms with Gasteiger partial charge in [0, 0.05) is 0 Å². The van der Waals surface area contributed by atoms with E-state index in [1.807, 2.05) is 58.0 Å². The summed E-state index contributed by atoms with van der Waals surface area (Å²) in [5, 5.41) is 0. The lowest BCUT2D eigenvalue weighted by Crippen LogP contribution is -2.29. The van der Waals surface area contributed by atoms with Gasteiger partial charge in [-0.15, -0.1) is 0 Å². The van der Waals surface area contributed by atoms with Crippen molar-refractivity contribution in [3.05, 3.63) is 76.9 Å². The molecule has 0 spiro atoms. The smallest absolute Gasteiger partial charge is 0.207 e. The number of sulfonamides is 1. The summed E-state index contributed by atoms with van der Waals surface area (Å²) in [7, 11) is -3.59. The molecular weight excluding hydrogens is 306 g/mol. The van der Waals surface area contributed by atoms with Gasteiger partial charge in [-0.05, 0) is 45.4 Å². The largest absolute Gasteiger partial charge is 0.241 e. The summed E-state index contributed by atoms with van der Waals surface area (Å²) < 4.78 is 28.3. The van der Waals surface area contributed by atoms with Gasteiger partial charge in [0.15, 0.2) is 0 Å². The lowest BCUT2D eigenvalue weighted by Gasteiger charge is -2.21. The third-order valence-corrected chi connectivity index (χ3v) is 5.40. The van der Waals surface area contributed by atoms with Crippen LogP contribution in [0.1, 0.15) is 37.9 Å². The van der Waals surface area contributed by atoms with Crippen molar-refractivity contribution >= 4 is 10.0 Å². The highest BCUT2D eigenvalue weighted by molar-refractivity contribution is 7.89. The van der Waals surface area contributed by atoms with Gasteiger partial charge in [-0.3, -0.25) is 0 Å². The van der Waals surface area contributed by atoms with Crippen molar-refractivity contribution in [1.29, 1.82) is 0 Å². The van der Waals surface area contributed by atoms with E-state index in [0.29, 0.717) is 0 Å². The summed E-state index contributed by atoms with van der Waals surface area (Å²) in [4.78, 5) is 0.283. The molecule has 1 N–H and O–H groups in total. The zero-order valence-electron chi connectivity index (χ0n) is 14.0. The number of aryl methyl sites for hydroxylation is 1. The molecule has 2 aromatic rings. The van der Waals surface area contributed by atoms with Crippen molar-refractivity contribution in [3.63, 3.8) is 0 Å². The molecule has 0 aliphatic carbocycles. The van der Waals surface area contributed by atoms with E-state index in [4.69, 9.17) is 0 Å². The molecule has 0 bridgehead atoms. The van der Waals surface area contributed by atoms with E-state index in [2.05, 4.69) is 4.72 Å². The van der Waals surface area contributed by atoms with Crippen molar-refractivity contribution < 1.29 is 8.42 Å². The first-order valence-corrected chi connectivity index (χ1v) is 9.07. The van der Waals surface area contributed by atoms with Crippen LogP contribution < -0.4 is 4.72 Å². The van der Waals surface area contributed by atoms with Gasteiger partial charge < -0.3 is 0 Å². The molecule has 2 aromatic carbocycles. The van der Waals surface area contributed by atoms with Gasteiger partial charge in [0.25, 0.3) is 0 Å². The number of hydrogen-bond acceptors (Lipinski definition) is 2. The second kappa shape index (κ2) is 7.11. The lowest BCUT2D eigenvalue weighted by atomic mass is 9.98. The number of allylic oxidation sites excluding steroid dienone is 1. The summed E-state index contributed by atoms with van der Waals surface area (Å²) in [6.45, 7) is 7.88. The van der Waals surface area contributed by atoms with Crippen LogP contribution in [0.4, 0.5) is 0 Å². The van der Waals surface area contributed by atoms with Crippen LogP contribution in [0.3, 0.4) is 0 Å². The summed E-state index contributed by atoms with van der Waals surface area (Å²) in [5.74, 6) is 0. The average Bonchev–Trinajstić information content (AvgIpc) is 2.53. The first kappa shape index (κ1) is 17.4. The van der Waals surface area contributed by atoms with E-state index in [-0.39, 0.29) is 10.9 Å².